The van der Waals surface area contributed by atoms with E-state index in [4.69, 9.17) is 13.9 Å². The number of anilines is 1. The topological polar surface area (TPSA) is 112 Å². The first-order valence-corrected chi connectivity index (χ1v) is 10.1. The molecule has 1 amide bonds. The van der Waals surface area contributed by atoms with Crippen molar-refractivity contribution in [2.75, 3.05) is 31.8 Å². The van der Waals surface area contributed by atoms with Crippen LogP contribution in [0.4, 0.5) is 16.2 Å². The summed E-state index contributed by atoms with van der Waals surface area (Å²) in [5.41, 5.74) is 0.682. The maximum absolute atomic E-state index is 13.3. The molecule has 0 fully saturated rings. The number of carbonyl (C=O) groups is 2. The standard InChI is InChI=1S/C21H19BrN2O7/c1-3-30-21(26)23(10-11-29-2)18-16-9-6-14(22)12-17(16)31-20(18)19(25)13-4-7-15(8-5-13)24(27)28/h4-9,12H,3,10-11H2,1-2H3. The Labute approximate surface area is 185 Å². The number of fused-ring (bicyclic) bond motifs is 1. The number of furan rings is 1. The summed E-state index contributed by atoms with van der Waals surface area (Å²) in [4.78, 5) is 37.6. The number of rotatable bonds is 8. The van der Waals surface area contributed by atoms with Crippen molar-refractivity contribution in [2.24, 2.45) is 0 Å². The number of hydrogen-bond acceptors (Lipinski definition) is 7. The van der Waals surface area contributed by atoms with Crippen molar-refractivity contribution in [3.8, 4) is 0 Å². The number of nitrogens with zero attached hydrogens (tertiary/aromatic N) is 2. The Kier molecular flexibility index (Phi) is 7.03. The molecule has 0 saturated heterocycles. The highest BCUT2D eigenvalue weighted by Gasteiger charge is 2.30. The second-order valence-electron chi connectivity index (χ2n) is 6.40. The SMILES string of the molecule is CCOC(=O)N(CCOC)c1c(C(=O)c2ccc([N+](=O)[O-])cc2)oc2cc(Br)ccc12. The van der Waals surface area contributed by atoms with Crippen LogP contribution in [-0.2, 0) is 9.47 Å². The van der Waals surface area contributed by atoms with Crippen molar-refractivity contribution in [2.45, 2.75) is 6.92 Å². The molecule has 10 heteroatoms. The minimum Gasteiger partial charge on any atom is -0.450 e. The Balaban J connectivity index is 2.16. The van der Waals surface area contributed by atoms with Crippen LogP contribution < -0.4 is 4.90 Å². The minimum absolute atomic E-state index is 0.0777. The number of ketones is 1. The van der Waals surface area contributed by atoms with Crippen molar-refractivity contribution < 1.29 is 28.4 Å². The van der Waals surface area contributed by atoms with Gasteiger partial charge >= 0.3 is 6.09 Å². The van der Waals surface area contributed by atoms with Crippen molar-refractivity contribution in [1.29, 1.82) is 0 Å². The molecule has 0 radical (unpaired) electrons. The van der Waals surface area contributed by atoms with Crippen LogP contribution in [0.2, 0.25) is 0 Å². The highest BCUT2D eigenvalue weighted by Crippen LogP contribution is 2.37. The van der Waals surface area contributed by atoms with E-state index in [0.29, 0.717) is 11.0 Å². The molecule has 0 bridgehead atoms. The molecule has 2 aromatic carbocycles. The smallest absolute Gasteiger partial charge is 0.414 e. The lowest BCUT2D eigenvalue weighted by molar-refractivity contribution is -0.384. The number of non-ortho nitro benzene ring substituents is 1. The predicted molar refractivity (Wildman–Crippen MR) is 117 cm³/mol. The fourth-order valence-electron chi connectivity index (χ4n) is 3.02. The van der Waals surface area contributed by atoms with Crippen LogP contribution in [0.25, 0.3) is 11.0 Å². The first-order chi connectivity index (χ1) is 14.9. The summed E-state index contributed by atoms with van der Waals surface area (Å²) in [6, 6.07) is 10.3. The molecule has 0 saturated carbocycles. The van der Waals surface area contributed by atoms with Crippen LogP contribution >= 0.6 is 15.9 Å². The third-order valence-corrected chi connectivity index (χ3v) is 4.94. The number of hydrogen-bond donors (Lipinski definition) is 0. The number of ether oxygens (including phenoxy) is 2. The average Bonchev–Trinajstić information content (AvgIpc) is 3.12. The van der Waals surface area contributed by atoms with Gasteiger partial charge in [0.15, 0.2) is 5.76 Å². The van der Waals surface area contributed by atoms with Crippen LogP contribution in [0.1, 0.15) is 23.0 Å². The first-order valence-electron chi connectivity index (χ1n) is 9.31. The third kappa shape index (κ3) is 4.75. The fourth-order valence-corrected chi connectivity index (χ4v) is 3.36. The van der Waals surface area contributed by atoms with Gasteiger partial charge in [0, 0.05) is 34.7 Å². The van der Waals surface area contributed by atoms with E-state index < -0.39 is 16.8 Å². The number of nitro groups is 1. The Morgan fingerprint density at radius 2 is 1.90 bits per heavy atom. The fraction of sp³-hybridized carbons (Fsp3) is 0.238. The molecule has 0 aliphatic rings. The average molecular weight is 491 g/mol. The normalized spacial score (nSPS) is 10.8. The lowest BCUT2D eigenvalue weighted by Gasteiger charge is -2.21. The van der Waals surface area contributed by atoms with Gasteiger partial charge in [-0.15, -0.1) is 0 Å². The molecule has 0 aliphatic carbocycles. The van der Waals surface area contributed by atoms with Crippen molar-refractivity contribution >= 4 is 50.2 Å². The van der Waals surface area contributed by atoms with Gasteiger partial charge in [0.25, 0.3) is 5.69 Å². The van der Waals surface area contributed by atoms with Gasteiger partial charge in [-0.2, -0.15) is 0 Å². The van der Waals surface area contributed by atoms with E-state index in [0.717, 1.165) is 4.47 Å². The van der Waals surface area contributed by atoms with Gasteiger partial charge in [0.1, 0.15) is 11.3 Å². The highest BCUT2D eigenvalue weighted by molar-refractivity contribution is 9.10. The van der Waals surface area contributed by atoms with Crippen LogP contribution in [0.15, 0.2) is 51.4 Å². The molecule has 0 spiro atoms. The molecule has 3 rings (SSSR count). The summed E-state index contributed by atoms with van der Waals surface area (Å²) in [6.07, 6.45) is -0.650. The molecule has 3 aromatic rings. The molecule has 31 heavy (non-hydrogen) atoms. The van der Waals surface area contributed by atoms with E-state index in [2.05, 4.69) is 15.9 Å². The largest absolute Gasteiger partial charge is 0.450 e. The number of benzene rings is 2. The molecule has 1 aromatic heterocycles. The summed E-state index contributed by atoms with van der Waals surface area (Å²) in [5, 5.41) is 11.4. The molecule has 1 heterocycles. The van der Waals surface area contributed by atoms with Crippen molar-refractivity contribution in [1.82, 2.24) is 0 Å². The molecule has 162 valence electrons. The maximum Gasteiger partial charge on any atom is 0.414 e. The second-order valence-corrected chi connectivity index (χ2v) is 7.31. The van der Waals surface area contributed by atoms with Crippen LogP contribution in [0.3, 0.4) is 0 Å². The number of nitro benzene ring substituents is 1. The molecule has 0 aliphatic heterocycles. The zero-order chi connectivity index (χ0) is 22.5. The van der Waals surface area contributed by atoms with Crippen LogP contribution in [0, 0.1) is 10.1 Å². The minimum atomic E-state index is -0.650. The Hall–Kier alpha value is -3.24. The summed E-state index contributed by atoms with van der Waals surface area (Å²) in [5.74, 6) is -0.602. The highest BCUT2D eigenvalue weighted by atomic mass is 79.9. The monoisotopic (exact) mass is 490 g/mol. The molecule has 0 unspecified atom stereocenters. The molecular formula is C21H19BrN2O7. The number of halogens is 1. The van der Waals surface area contributed by atoms with Gasteiger partial charge in [-0.1, -0.05) is 15.9 Å². The van der Waals surface area contributed by atoms with Gasteiger partial charge in [-0.3, -0.25) is 19.8 Å². The molecule has 0 atom stereocenters. The van der Waals surface area contributed by atoms with E-state index in [1.165, 1.54) is 36.3 Å². The van der Waals surface area contributed by atoms with Gasteiger partial charge in [0.2, 0.25) is 5.78 Å². The Morgan fingerprint density at radius 3 is 2.52 bits per heavy atom. The first kappa shape index (κ1) is 22.4. The Morgan fingerprint density at radius 1 is 1.19 bits per heavy atom. The van der Waals surface area contributed by atoms with Gasteiger partial charge < -0.3 is 13.9 Å². The Bertz CT molecular complexity index is 1120. The van der Waals surface area contributed by atoms with E-state index in [1.807, 2.05) is 0 Å². The predicted octanol–water partition coefficient (Wildman–Crippen LogP) is 4.94. The second kappa shape index (κ2) is 9.71. The van der Waals surface area contributed by atoms with E-state index in [1.54, 1.807) is 25.1 Å². The maximum atomic E-state index is 13.3. The van der Waals surface area contributed by atoms with Crippen LogP contribution in [0.5, 0.6) is 0 Å². The van der Waals surface area contributed by atoms with E-state index in [9.17, 15) is 19.7 Å². The summed E-state index contributed by atoms with van der Waals surface area (Å²) in [6.45, 7) is 2.16. The summed E-state index contributed by atoms with van der Waals surface area (Å²) >= 11 is 3.37. The molecule has 0 N–H and O–H groups in total. The molecular weight excluding hydrogens is 472 g/mol. The number of amides is 1. The lowest BCUT2D eigenvalue weighted by atomic mass is 10.1. The van der Waals surface area contributed by atoms with Gasteiger partial charge in [-0.25, -0.2) is 4.79 Å². The van der Waals surface area contributed by atoms with Crippen molar-refractivity contribution in [3.05, 3.63) is 68.4 Å². The van der Waals surface area contributed by atoms with Gasteiger partial charge in [0.05, 0.1) is 24.7 Å². The van der Waals surface area contributed by atoms with Crippen molar-refractivity contribution in [3.63, 3.8) is 0 Å². The van der Waals surface area contributed by atoms with E-state index >= 15 is 0 Å². The lowest BCUT2D eigenvalue weighted by Crippen LogP contribution is -2.35. The summed E-state index contributed by atoms with van der Waals surface area (Å²) < 4.78 is 16.9. The van der Waals surface area contributed by atoms with Crippen LogP contribution in [-0.4, -0.2) is 43.7 Å². The quantitative estimate of drug-likeness (QED) is 0.249. The number of carbonyl (C=O) groups excluding carboxylic acids is 2. The number of methoxy groups -OCH3 is 1. The van der Waals surface area contributed by atoms with Gasteiger partial charge in [-0.05, 0) is 37.3 Å². The summed E-state index contributed by atoms with van der Waals surface area (Å²) in [7, 11) is 1.50. The van der Waals surface area contributed by atoms with E-state index in [-0.39, 0.29) is 42.5 Å². The third-order valence-electron chi connectivity index (χ3n) is 4.45. The molecule has 9 nitrogen and oxygen atoms in total. The zero-order valence-corrected chi connectivity index (χ0v) is 18.4. The zero-order valence-electron chi connectivity index (χ0n) is 16.8.